The van der Waals surface area contributed by atoms with Crippen molar-refractivity contribution in [3.05, 3.63) is 34.3 Å². The van der Waals surface area contributed by atoms with Crippen LogP contribution in [0.25, 0.3) is 0 Å². The lowest BCUT2D eigenvalue weighted by molar-refractivity contribution is -0.131. The van der Waals surface area contributed by atoms with Gasteiger partial charge in [-0.05, 0) is 50.5 Å². The van der Waals surface area contributed by atoms with Crippen molar-refractivity contribution in [2.75, 3.05) is 19.6 Å². The van der Waals surface area contributed by atoms with Gasteiger partial charge in [0.15, 0.2) is 0 Å². The lowest BCUT2D eigenvalue weighted by atomic mass is 9.95. The van der Waals surface area contributed by atoms with E-state index in [9.17, 15) is 14.4 Å². The number of hydrogen-bond donors (Lipinski definition) is 2. The highest BCUT2D eigenvalue weighted by Gasteiger charge is 2.29. The zero-order chi connectivity index (χ0) is 19.1. The molecule has 0 aromatic heterocycles. The predicted molar refractivity (Wildman–Crippen MR) is 104 cm³/mol. The summed E-state index contributed by atoms with van der Waals surface area (Å²) in [6.45, 7) is 5.37. The minimum Gasteiger partial charge on any atom is -0.354 e. The minimum absolute atomic E-state index is 0.0105. The van der Waals surface area contributed by atoms with Gasteiger partial charge in [-0.2, -0.15) is 0 Å². The Bertz CT molecular complexity index is 640. The molecule has 2 N–H and O–H groups in total. The Balaban J connectivity index is 1.81. The molecule has 0 radical (unpaired) electrons. The zero-order valence-corrected chi connectivity index (χ0v) is 16.8. The zero-order valence-electron chi connectivity index (χ0n) is 15.3. The predicted octanol–water partition coefficient (Wildman–Crippen LogP) is 2.33. The van der Waals surface area contributed by atoms with Gasteiger partial charge in [0, 0.05) is 35.6 Å². The molecule has 142 valence electrons. The molecule has 1 aliphatic heterocycles. The number of rotatable bonds is 6. The lowest BCUT2D eigenvalue weighted by Crippen LogP contribution is -2.49. The fourth-order valence-electron chi connectivity index (χ4n) is 2.92. The van der Waals surface area contributed by atoms with E-state index >= 15 is 0 Å². The third-order valence-corrected chi connectivity index (χ3v) is 5.07. The van der Waals surface area contributed by atoms with E-state index in [4.69, 9.17) is 0 Å². The van der Waals surface area contributed by atoms with Crippen molar-refractivity contribution in [2.45, 2.75) is 39.2 Å². The molecule has 1 atom stereocenters. The molecule has 0 saturated carbocycles. The quantitative estimate of drug-likeness (QED) is 0.736. The Hall–Kier alpha value is -1.89. The summed E-state index contributed by atoms with van der Waals surface area (Å²) in [5.74, 6) is -0.447. The SMILES string of the molecule is CCCNC(=O)[C@H](C)NC(=O)C1CCN(C(=O)c2ccc(Br)cc2)CC1. The smallest absolute Gasteiger partial charge is 0.253 e. The topological polar surface area (TPSA) is 78.5 Å². The third kappa shape index (κ3) is 5.56. The van der Waals surface area contributed by atoms with Crippen molar-refractivity contribution >= 4 is 33.7 Å². The van der Waals surface area contributed by atoms with Gasteiger partial charge >= 0.3 is 0 Å². The molecule has 0 spiro atoms. The monoisotopic (exact) mass is 423 g/mol. The average Bonchev–Trinajstić information content (AvgIpc) is 2.66. The van der Waals surface area contributed by atoms with E-state index in [2.05, 4.69) is 26.6 Å². The largest absolute Gasteiger partial charge is 0.354 e. The lowest BCUT2D eigenvalue weighted by Gasteiger charge is -2.32. The Morgan fingerprint density at radius 3 is 2.38 bits per heavy atom. The van der Waals surface area contributed by atoms with Crippen LogP contribution in [0.3, 0.4) is 0 Å². The van der Waals surface area contributed by atoms with Crippen molar-refractivity contribution in [3.8, 4) is 0 Å². The third-order valence-electron chi connectivity index (χ3n) is 4.55. The van der Waals surface area contributed by atoms with Gasteiger partial charge in [-0.15, -0.1) is 0 Å². The second-order valence-corrected chi connectivity index (χ2v) is 7.51. The first kappa shape index (κ1) is 20.4. The Kier molecular flexibility index (Phi) is 7.63. The molecule has 1 heterocycles. The van der Waals surface area contributed by atoms with E-state index < -0.39 is 6.04 Å². The number of amides is 3. The van der Waals surface area contributed by atoms with Gasteiger partial charge in [0.05, 0.1) is 0 Å². The maximum absolute atomic E-state index is 12.5. The number of carbonyl (C=O) groups is 3. The van der Waals surface area contributed by atoms with Crippen LogP contribution >= 0.6 is 15.9 Å². The molecule has 0 bridgehead atoms. The van der Waals surface area contributed by atoms with E-state index in [1.807, 2.05) is 19.1 Å². The number of nitrogens with one attached hydrogen (secondary N) is 2. The summed E-state index contributed by atoms with van der Waals surface area (Å²) >= 11 is 3.36. The Morgan fingerprint density at radius 1 is 1.19 bits per heavy atom. The number of likely N-dealkylation sites (tertiary alicyclic amines) is 1. The van der Waals surface area contributed by atoms with E-state index in [-0.39, 0.29) is 23.6 Å². The van der Waals surface area contributed by atoms with E-state index in [0.717, 1.165) is 10.9 Å². The van der Waals surface area contributed by atoms with Crippen molar-refractivity contribution in [1.82, 2.24) is 15.5 Å². The molecule has 6 nitrogen and oxygen atoms in total. The van der Waals surface area contributed by atoms with Crippen LogP contribution in [0.4, 0.5) is 0 Å². The van der Waals surface area contributed by atoms with Gasteiger partial charge in [0.1, 0.15) is 6.04 Å². The molecule has 1 aliphatic rings. The fourth-order valence-corrected chi connectivity index (χ4v) is 3.18. The van der Waals surface area contributed by atoms with Gasteiger partial charge in [-0.1, -0.05) is 22.9 Å². The summed E-state index contributed by atoms with van der Waals surface area (Å²) in [6.07, 6.45) is 2.08. The highest BCUT2D eigenvalue weighted by molar-refractivity contribution is 9.10. The maximum Gasteiger partial charge on any atom is 0.253 e. The second kappa shape index (κ2) is 9.71. The molecule has 0 aliphatic carbocycles. The standard InChI is InChI=1S/C19H26BrN3O3/c1-3-10-21-17(24)13(2)22-18(25)14-8-11-23(12-9-14)19(26)15-4-6-16(20)7-5-15/h4-7,13-14H,3,8-12H2,1-2H3,(H,21,24)(H,22,25)/t13-/m0/s1. The van der Waals surface area contributed by atoms with Gasteiger partial charge in [0.25, 0.3) is 5.91 Å². The minimum atomic E-state index is -0.545. The number of halogens is 1. The first-order chi connectivity index (χ1) is 12.4. The molecule has 1 fully saturated rings. The van der Waals surface area contributed by atoms with Gasteiger partial charge in [-0.3, -0.25) is 14.4 Å². The molecule has 7 heteroatoms. The second-order valence-electron chi connectivity index (χ2n) is 6.59. The van der Waals surface area contributed by atoms with Crippen LogP contribution in [0.1, 0.15) is 43.5 Å². The van der Waals surface area contributed by atoms with Crippen molar-refractivity contribution in [1.29, 1.82) is 0 Å². The van der Waals surface area contributed by atoms with Crippen molar-refractivity contribution < 1.29 is 14.4 Å². The summed E-state index contributed by atoms with van der Waals surface area (Å²) in [6, 6.07) is 6.73. The van der Waals surface area contributed by atoms with E-state index in [1.165, 1.54) is 0 Å². The maximum atomic E-state index is 12.5. The van der Waals surface area contributed by atoms with Crippen LogP contribution in [0.15, 0.2) is 28.7 Å². The number of piperidine rings is 1. The van der Waals surface area contributed by atoms with Gasteiger partial charge in [-0.25, -0.2) is 0 Å². The summed E-state index contributed by atoms with van der Waals surface area (Å²) in [7, 11) is 0. The molecular weight excluding hydrogens is 398 g/mol. The van der Waals surface area contributed by atoms with Crippen LogP contribution in [0.2, 0.25) is 0 Å². The van der Waals surface area contributed by atoms with E-state index in [0.29, 0.717) is 38.0 Å². The highest BCUT2D eigenvalue weighted by atomic mass is 79.9. The molecule has 2 rings (SSSR count). The number of nitrogens with zero attached hydrogens (tertiary/aromatic N) is 1. The van der Waals surface area contributed by atoms with Crippen LogP contribution < -0.4 is 10.6 Å². The summed E-state index contributed by atoms with van der Waals surface area (Å²) in [4.78, 5) is 38.5. The first-order valence-corrected chi connectivity index (χ1v) is 9.84. The molecule has 1 saturated heterocycles. The first-order valence-electron chi connectivity index (χ1n) is 9.05. The van der Waals surface area contributed by atoms with Crippen LogP contribution in [0.5, 0.6) is 0 Å². The van der Waals surface area contributed by atoms with Gasteiger partial charge < -0.3 is 15.5 Å². The molecule has 3 amide bonds. The highest BCUT2D eigenvalue weighted by Crippen LogP contribution is 2.20. The summed E-state index contributed by atoms with van der Waals surface area (Å²) < 4.78 is 0.932. The summed E-state index contributed by atoms with van der Waals surface area (Å²) in [5.41, 5.74) is 0.650. The number of hydrogen-bond acceptors (Lipinski definition) is 3. The van der Waals surface area contributed by atoms with Crippen LogP contribution in [-0.2, 0) is 9.59 Å². The van der Waals surface area contributed by atoms with Crippen LogP contribution in [0, 0.1) is 5.92 Å². The molecule has 26 heavy (non-hydrogen) atoms. The Labute approximate surface area is 162 Å². The molecule has 0 unspecified atom stereocenters. The number of carbonyl (C=O) groups excluding carboxylic acids is 3. The molecular formula is C19H26BrN3O3. The average molecular weight is 424 g/mol. The van der Waals surface area contributed by atoms with Crippen molar-refractivity contribution in [2.24, 2.45) is 5.92 Å². The van der Waals surface area contributed by atoms with E-state index in [1.54, 1.807) is 24.0 Å². The number of benzene rings is 1. The fraction of sp³-hybridized carbons (Fsp3) is 0.526. The van der Waals surface area contributed by atoms with Gasteiger partial charge in [0.2, 0.25) is 11.8 Å². The molecule has 1 aromatic carbocycles. The normalized spacial score (nSPS) is 16.0. The van der Waals surface area contributed by atoms with Crippen LogP contribution in [-0.4, -0.2) is 48.3 Å². The molecule has 1 aromatic rings. The summed E-state index contributed by atoms with van der Waals surface area (Å²) in [5, 5.41) is 5.56. The van der Waals surface area contributed by atoms with Crippen molar-refractivity contribution in [3.63, 3.8) is 0 Å². The Morgan fingerprint density at radius 2 is 1.81 bits per heavy atom.